The highest BCUT2D eigenvalue weighted by molar-refractivity contribution is 9.10. The van der Waals surface area contributed by atoms with E-state index in [2.05, 4.69) is 36.4 Å². The predicted octanol–water partition coefficient (Wildman–Crippen LogP) is 4.46. The summed E-state index contributed by atoms with van der Waals surface area (Å²) < 4.78 is 13.9. The van der Waals surface area contributed by atoms with Crippen LogP contribution in [0.5, 0.6) is 5.75 Å². The number of carbonyl (C=O) groups is 1. The van der Waals surface area contributed by atoms with Gasteiger partial charge in [-0.2, -0.15) is 0 Å². The fraction of sp³-hybridized carbons (Fsp3) is 0.0625. The van der Waals surface area contributed by atoms with E-state index in [4.69, 9.17) is 11.6 Å². The van der Waals surface area contributed by atoms with Crippen molar-refractivity contribution in [1.29, 1.82) is 0 Å². The Hall–Kier alpha value is -2.10. The molecule has 1 aromatic heterocycles. The number of nitrogens with one attached hydrogen (secondary N) is 2. The van der Waals surface area contributed by atoms with E-state index in [1.807, 2.05) is 0 Å². The van der Waals surface area contributed by atoms with Crippen LogP contribution in [0, 0.1) is 5.82 Å². The van der Waals surface area contributed by atoms with Crippen molar-refractivity contribution < 1.29 is 14.3 Å². The van der Waals surface area contributed by atoms with Gasteiger partial charge in [0, 0.05) is 10.2 Å². The second kappa shape index (κ2) is 8.07. The predicted molar refractivity (Wildman–Crippen MR) is 102 cm³/mol. The number of aromatic hydroxyl groups is 1. The molecule has 10 heteroatoms. The first-order chi connectivity index (χ1) is 12.4. The van der Waals surface area contributed by atoms with E-state index in [1.165, 1.54) is 24.3 Å². The molecule has 0 bridgehead atoms. The Kier molecular flexibility index (Phi) is 5.80. The molecule has 3 rings (SSSR count). The van der Waals surface area contributed by atoms with Crippen molar-refractivity contribution in [2.24, 2.45) is 0 Å². The zero-order valence-electron chi connectivity index (χ0n) is 13.0. The third kappa shape index (κ3) is 4.54. The Morgan fingerprint density at radius 3 is 2.92 bits per heavy atom. The summed E-state index contributed by atoms with van der Waals surface area (Å²) >= 11 is 10.1. The molecule has 0 saturated heterocycles. The van der Waals surface area contributed by atoms with Crippen LogP contribution in [0.4, 0.5) is 10.1 Å². The topological polar surface area (TPSA) is 90.9 Å². The van der Waals surface area contributed by atoms with E-state index in [1.54, 1.807) is 12.1 Å². The van der Waals surface area contributed by atoms with Gasteiger partial charge in [0.05, 0.1) is 16.3 Å². The minimum Gasteiger partial charge on any atom is -0.507 e. The maximum absolute atomic E-state index is 13.1. The molecule has 0 fully saturated rings. The van der Waals surface area contributed by atoms with Gasteiger partial charge in [-0.1, -0.05) is 39.3 Å². The van der Waals surface area contributed by atoms with Crippen LogP contribution in [0.3, 0.4) is 0 Å². The molecule has 0 aliphatic heterocycles. The zero-order chi connectivity index (χ0) is 18.7. The van der Waals surface area contributed by atoms with Gasteiger partial charge >= 0.3 is 0 Å². The summed E-state index contributed by atoms with van der Waals surface area (Å²) in [6.07, 6.45) is 0. The highest BCUT2D eigenvalue weighted by Crippen LogP contribution is 2.30. The number of benzene rings is 2. The van der Waals surface area contributed by atoms with Crippen molar-refractivity contribution in [3.8, 4) is 17.1 Å². The van der Waals surface area contributed by atoms with Gasteiger partial charge in [-0.25, -0.2) is 9.37 Å². The van der Waals surface area contributed by atoms with Gasteiger partial charge < -0.3 is 10.4 Å². The maximum Gasteiger partial charge on any atom is 0.234 e. The van der Waals surface area contributed by atoms with Crippen LogP contribution in [-0.2, 0) is 4.79 Å². The minimum absolute atomic E-state index is 0.0523. The molecule has 1 amide bonds. The number of hydrogen-bond donors (Lipinski definition) is 3. The molecule has 134 valence electrons. The van der Waals surface area contributed by atoms with Gasteiger partial charge in [0.1, 0.15) is 11.6 Å². The summed E-state index contributed by atoms with van der Waals surface area (Å²) in [6, 6.07) is 8.88. The van der Waals surface area contributed by atoms with Gasteiger partial charge in [0.25, 0.3) is 0 Å². The summed E-state index contributed by atoms with van der Waals surface area (Å²) in [5.41, 5.74) is 0.890. The lowest BCUT2D eigenvalue weighted by Crippen LogP contribution is -2.14. The van der Waals surface area contributed by atoms with Gasteiger partial charge in [0.2, 0.25) is 11.1 Å². The number of hydrogen-bond acceptors (Lipinski definition) is 5. The van der Waals surface area contributed by atoms with Crippen molar-refractivity contribution >= 4 is 50.9 Å². The Morgan fingerprint density at radius 2 is 2.15 bits per heavy atom. The van der Waals surface area contributed by atoms with E-state index in [0.717, 1.165) is 16.2 Å². The van der Waals surface area contributed by atoms with Crippen molar-refractivity contribution in [2.75, 3.05) is 11.1 Å². The molecule has 0 radical (unpaired) electrons. The Bertz CT molecular complexity index is 969. The lowest BCUT2D eigenvalue weighted by Gasteiger charge is -2.04. The molecule has 0 atom stereocenters. The van der Waals surface area contributed by atoms with Crippen molar-refractivity contribution in [2.45, 2.75) is 5.16 Å². The molecule has 0 aliphatic carbocycles. The molecule has 0 spiro atoms. The lowest BCUT2D eigenvalue weighted by molar-refractivity contribution is -0.113. The maximum atomic E-state index is 13.1. The van der Waals surface area contributed by atoms with E-state index in [9.17, 15) is 14.3 Å². The number of aromatic nitrogens is 3. The quantitative estimate of drug-likeness (QED) is 0.492. The molecule has 3 aromatic rings. The highest BCUT2D eigenvalue weighted by atomic mass is 79.9. The number of rotatable bonds is 5. The molecular weight excluding hydrogens is 447 g/mol. The molecule has 26 heavy (non-hydrogen) atoms. The van der Waals surface area contributed by atoms with Gasteiger partial charge in [-0.3, -0.25) is 9.89 Å². The minimum atomic E-state index is -0.553. The number of nitrogens with zero attached hydrogens (tertiary/aromatic N) is 2. The number of anilines is 1. The summed E-state index contributed by atoms with van der Waals surface area (Å²) in [5.74, 6) is -0.363. The number of phenols is 1. The highest BCUT2D eigenvalue weighted by Gasteiger charge is 2.13. The molecule has 0 aliphatic rings. The first kappa shape index (κ1) is 18.7. The summed E-state index contributed by atoms with van der Waals surface area (Å²) in [6.45, 7) is 0. The SMILES string of the molecule is O=C(CSc1n[nH]c(-c2cc(Br)ccc2O)n1)Nc1ccc(F)c(Cl)c1. The second-order valence-corrected chi connectivity index (χ2v) is 7.36. The molecule has 2 aromatic carbocycles. The third-order valence-corrected chi connectivity index (χ3v) is 4.84. The number of aromatic amines is 1. The lowest BCUT2D eigenvalue weighted by atomic mass is 10.2. The Morgan fingerprint density at radius 1 is 1.35 bits per heavy atom. The molecule has 6 nitrogen and oxygen atoms in total. The van der Waals surface area contributed by atoms with Gasteiger partial charge in [-0.05, 0) is 36.4 Å². The number of H-pyrrole nitrogens is 1. The average molecular weight is 458 g/mol. The van der Waals surface area contributed by atoms with Crippen LogP contribution < -0.4 is 5.32 Å². The number of halogens is 3. The molecule has 0 saturated carbocycles. The van der Waals surface area contributed by atoms with Crippen LogP contribution in [-0.4, -0.2) is 31.9 Å². The summed E-state index contributed by atoms with van der Waals surface area (Å²) in [4.78, 5) is 16.2. The fourth-order valence-electron chi connectivity index (χ4n) is 2.03. The molecule has 1 heterocycles. The van der Waals surface area contributed by atoms with Gasteiger partial charge in [-0.15, -0.1) is 5.10 Å². The number of carbonyl (C=O) groups excluding carboxylic acids is 1. The van der Waals surface area contributed by atoms with E-state index in [-0.39, 0.29) is 22.4 Å². The largest absolute Gasteiger partial charge is 0.507 e. The third-order valence-electron chi connectivity index (χ3n) is 3.21. The van der Waals surface area contributed by atoms with E-state index in [0.29, 0.717) is 22.2 Å². The summed E-state index contributed by atoms with van der Waals surface area (Å²) in [7, 11) is 0. The normalized spacial score (nSPS) is 10.7. The zero-order valence-corrected chi connectivity index (χ0v) is 16.1. The van der Waals surface area contributed by atoms with E-state index < -0.39 is 5.82 Å². The molecule has 0 unspecified atom stereocenters. The number of thioether (sulfide) groups is 1. The standard InChI is InChI=1S/C16H11BrClFN4O2S/c17-8-1-4-13(24)10(5-8)15-21-16(23-22-15)26-7-14(25)20-9-2-3-12(19)11(18)6-9/h1-6,24H,7H2,(H,20,25)(H,21,22,23). The second-order valence-electron chi connectivity index (χ2n) is 5.09. The van der Waals surface area contributed by atoms with Crippen molar-refractivity contribution in [1.82, 2.24) is 15.2 Å². The van der Waals surface area contributed by atoms with Crippen LogP contribution in [0.25, 0.3) is 11.4 Å². The van der Waals surface area contributed by atoms with E-state index >= 15 is 0 Å². The van der Waals surface area contributed by atoms with Crippen LogP contribution in [0.15, 0.2) is 46.0 Å². The average Bonchev–Trinajstić information content (AvgIpc) is 3.07. The van der Waals surface area contributed by atoms with Gasteiger partial charge in [0.15, 0.2) is 5.82 Å². The first-order valence-electron chi connectivity index (χ1n) is 7.21. The monoisotopic (exact) mass is 456 g/mol. The van der Waals surface area contributed by atoms with Crippen LogP contribution in [0.1, 0.15) is 0 Å². The number of phenolic OH excluding ortho intramolecular Hbond substituents is 1. The molecule has 3 N–H and O–H groups in total. The fourth-order valence-corrected chi connectivity index (χ4v) is 3.17. The Labute approximate surface area is 165 Å². The molecular formula is C16H11BrClFN4O2S. The Balaban J connectivity index is 1.61. The van der Waals surface area contributed by atoms with Crippen LogP contribution in [0.2, 0.25) is 5.02 Å². The number of amides is 1. The van der Waals surface area contributed by atoms with Crippen molar-refractivity contribution in [3.63, 3.8) is 0 Å². The smallest absolute Gasteiger partial charge is 0.234 e. The summed E-state index contributed by atoms with van der Waals surface area (Å²) in [5, 5.41) is 19.5. The van der Waals surface area contributed by atoms with Crippen LogP contribution >= 0.6 is 39.3 Å². The van der Waals surface area contributed by atoms with Crippen molar-refractivity contribution in [3.05, 3.63) is 51.7 Å². The first-order valence-corrected chi connectivity index (χ1v) is 9.37.